The third-order valence-electron chi connectivity index (χ3n) is 2.99. The van der Waals surface area contributed by atoms with Crippen LogP contribution in [-0.4, -0.2) is 12.1 Å². The zero-order valence-corrected chi connectivity index (χ0v) is 16.4. The maximum atomic E-state index is 5.32. The Hall–Kier alpha value is -0.590. The van der Waals surface area contributed by atoms with Crippen molar-refractivity contribution in [2.24, 2.45) is 0 Å². The fourth-order valence-electron chi connectivity index (χ4n) is 1.73. The lowest BCUT2D eigenvalue weighted by molar-refractivity contribution is 0.412. The van der Waals surface area contributed by atoms with Gasteiger partial charge in [-0.05, 0) is 37.9 Å². The third-order valence-corrected chi connectivity index (χ3v) is 5.12. The van der Waals surface area contributed by atoms with Gasteiger partial charge in [-0.25, -0.2) is 4.98 Å². The lowest BCUT2D eigenvalue weighted by Crippen LogP contribution is -2.12. The van der Waals surface area contributed by atoms with Crippen LogP contribution in [0.15, 0.2) is 26.5 Å². The molecule has 0 atom stereocenters. The highest BCUT2D eigenvalue weighted by Crippen LogP contribution is 2.35. The first-order chi connectivity index (χ1) is 9.81. The second-order valence-corrected chi connectivity index (χ2v) is 8.35. The highest BCUT2D eigenvalue weighted by atomic mass is 79.9. The van der Waals surface area contributed by atoms with Crippen LogP contribution in [0.4, 0.5) is 5.69 Å². The van der Waals surface area contributed by atoms with Crippen LogP contribution in [0, 0.1) is 0 Å². The molecule has 0 aliphatic carbocycles. The van der Waals surface area contributed by atoms with E-state index in [1.165, 1.54) is 0 Å². The van der Waals surface area contributed by atoms with Crippen molar-refractivity contribution < 1.29 is 4.74 Å². The molecule has 0 radical (unpaired) electrons. The molecule has 1 aromatic carbocycles. The summed E-state index contributed by atoms with van der Waals surface area (Å²) < 4.78 is 7.23. The topological polar surface area (TPSA) is 34.1 Å². The second kappa shape index (κ2) is 6.67. The van der Waals surface area contributed by atoms with E-state index < -0.39 is 0 Å². The van der Waals surface area contributed by atoms with Gasteiger partial charge in [-0.15, -0.1) is 11.3 Å². The summed E-state index contributed by atoms with van der Waals surface area (Å²) in [6.07, 6.45) is 0. The lowest BCUT2D eigenvalue weighted by Gasteiger charge is -2.14. The number of ether oxygens (including phenoxy) is 1. The highest BCUT2D eigenvalue weighted by molar-refractivity contribution is 9.11. The van der Waals surface area contributed by atoms with Gasteiger partial charge in [0, 0.05) is 21.3 Å². The molecule has 2 rings (SSSR count). The Morgan fingerprint density at radius 3 is 2.52 bits per heavy atom. The zero-order valence-electron chi connectivity index (χ0n) is 12.5. The van der Waals surface area contributed by atoms with Gasteiger partial charge in [0.1, 0.15) is 10.8 Å². The molecule has 0 amide bonds. The predicted octanol–water partition coefficient (Wildman–Crippen LogP) is 5.59. The summed E-state index contributed by atoms with van der Waals surface area (Å²) in [6, 6.07) is 3.94. The van der Waals surface area contributed by atoms with Gasteiger partial charge in [-0.1, -0.05) is 20.8 Å². The summed E-state index contributed by atoms with van der Waals surface area (Å²) in [5.74, 6) is 0.801. The average molecular weight is 434 g/mol. The van der Waals surface area contributed by atoms with Crippen LogP contribution in [0.3, 0.4) is 0 Å². The average Bonchev–Trinajstić information content (AvgIpc) is 2.86. The molecule has 0 saturated carbocycles. The molecule has 6 heteroatoms. The third kappa shape index (κ3) is 4.20. The number of nitrogens with zero attached hydrogens (tertiary/aromatic N) is 1. The Bertz CT molecular complexity index is 635. The number of methoxy groups -OCH3 is 1. The van der Waals surface area contributed by atoms with E-state index >= 15 is 0 Å². The minimum atomic E-state index is 0.0934. The summed E-state index contributed by atoms with van der Waals surface area (Å²) in [7, 11) is 1.66. The molecule has 0 saturated heterocycles. The summed E-state index contributed by atoms with van der Waals surface area (Å²) >= 11 is 8.71. The summed E-state index contributed by atoms with van der Waals surface area (Å²) in [5.41, 5.74) is 2.22. The predicted molar refractivity (Wildman–Crippen MR) is 96.5 cm³/mol. The molecule has 1 aromatic heterocycles. The molecule has 0 fully saturated rings. The minimum absolute atomic E-state index is 0.0934. The van der Waals surface area contributed by atoms with E-state index in [9.17, 15) is 0 Å². The van der Waals surface area contributed by atoms with Crippen molar-refractivity contribution in [2.45, 2.75) is 32.7 Å². The smallest absolute Gasteiger partial charge is 0.135 e. The van der Waals surface area contributed by atoms with Crippen molar-refractivity contribution >= 4 is 48.9 Å². The number of hydrogen-bond donors (Lipinski definition) is 1. The molecule has 21 heavy (non-hydrogen) atoms. The molecule has 114 valence electrons. The molecular weight excluding hydrogens is 416 g/mol. The quantitative estimate of drug-likeness (QED) is 0.682. The number of hydrogen-bond acceptors (Lipinski definition) is 4. The Morgan fingerprint density at radius 1 is 1.24 bits per heavy atom. The highest BCUT2D eigenvalue weighted by Gasteiger charge is 2.17. The second-order valence-electron chi connectivity index (χ2n) is 5.70. The number of halogens is 2. The van der Waals surface area contributed by atoms with Gasteiger partial charge in [-0.3, -0.25) is 0 Å². The van der Waals surface area contributed by atoms with Gasteiger partial charge in [-0.2, -0.15) is 0 Å². The zero-order chi connectivity index (χ0) is 15.6. The minimum Gasteiger partial charge on any atom is -0.495 e. The molecule has 3 nitrogen and oxygen atoms in total. The van der Waals surface area contributed by atoms with Gasteiger partial charge in [0.25, 0.3) is 0 Å². The first-order valence-electron chi connectivity index (χ1n) is 6.53. The van der Waals surface area contributed by atoms with Crippen molar-refractivity contribution in [1.82, 2.24) is 4.98 Å². The van der Waals surface area contributed by atoms with Gasteiger partial charge >= 0.3 is 0 Å². The van der Waals surface area contributed by atoms with E-state index in [1.54, 1.807) is 18.4 Å². The monoisotopic (exact) mass is 432 g/mol. The van der Waals surface area contributed by atoms with Crippen LogP contribution in [0.2, 0.25) is 0 Å². The van der Waals surface area contributed by atoms with E-state index in [0.717, 1.165) is 31.1 Å². The number of anilines is 1. The molecule has 0 aliphatic heterocycles. The molecule has 0 aliphatic rings. The van der Waals surface area contributed by atoms with Gasteiger partial charge in [0.2, 0.25) is 0 Å². The summed E-state index contributed by atoms with van der Waals surface area (Å²) in [4.78, 5) is 4.69. The van der Waals surface area contributed by atoms with E-state index in [1.807, 2.05) is 12.1 Å². The summed E-state index contributed by atoms with van der Waals surface area (Å²) in [5, 5.41) is 6.61. The molecule has 1 heterocycles. The van der Waals surface area contributed by atoms with Crippen molar-refractivity contribution in [2.75, 3.05) is 12.4 Å². The molecular formula is C15H18Br2N2OS. The van der Waals surface area contributed by atoms with Crippen molar-refractivity contribution in [1.29, 1.82) is 0 Å². The Morgan fingerprint density at radius 2 is 1.95 bits per heavy atom. The summed E-state index contributed by atoms with van der Waals surface area (Å²) in [6.45, 7) is 7.23. The first-order valence-corrected chi connectivity index (χ1v) is 8.99. The van der Waals surface area contributed by atoms with E-state index in [0.29, 0.717) is 6.54 Å². The number of rotatable bonds is 4. The van der Waals surface area contributed by atoms with Crippen LogP contribution >= 0.6 is 43.2 Å². The molecule has 0 bridgehead atoms. The van der Waals surface area contributed by atoms with Crippen molar-refractivity contribution in [3.8, 4) is 5.75 Å². The lowest BCUT2D eigenvalue weighted by atomic mass is 9.93. The fourth-order valence-corrected chi connectivity index (χ4v) is 3.98. The van der Waals surface area contributed by atoms with E-state index in [2.05, 4.69) is 68.3 Å². The van der Waals surface area contributed by atoms with Gasteiger partial charge < -0.3 is 10.1 Å². The van der Waals surface area contributed by atoms with Crippen LogP contribution in [0.5, 0.6) is 5.75 Å². The Balaban J connectivity index is 2.11. The van der Waals surface area contributed by atoms with Crippen LogP contribution < -0.4 is 10.1 Å². The van der Waals surface area contributed by atoms with Crippen LogP contribution in [0.1, 0.15) is 31.5 Å². The van der Waals surface area contributed by atoms with Crippen LogP contribution in [-0.2, 0) is 12.0 Å². The first kappa shape index (κ1) is 16.8. The largest absolute Gasteiger partial charge is 0.495 e. The SMILES string of the molecule is COc1cc(NCc2nc(C(C)(C)C)cs2)c(Br)cc1Br. The maximum Gasteiger partial charge on any atom is 0.135 e. The molecule has 0 spiro atoms. The Kier molecular flexibility index (Phi) is 5.33. The van der Waals surface area contributed by atoms with Crippen molar-refractivity contribution in [3.05, 3.63) is 37.2 Å². The van der Waals surface area contributed by atoms with E-state index in [4.69, 9.17) is 4.74 Å². The number of aromatic nitrogens is 1. The molecule has 0 unspecified atom stereocenters. The van der Waals surface area contributed by atoms with E-state index in [-0.39, 0.29) is 5.41 Å². The Labute approximate surface area is 146 Å². The van der Waals surface area contributed by atoms with Gasteiger partial charge in [0.15, 0.2) is 0 Å². The maximum absolute atomic E-state index is 5.32. The standard InChI is InChI=1S/C15H18Br2N2OS/c1-15(2,3)13-8-21-14(19-13)7-18-11-6-12(20-4)10(17)5-9(11)16/h5-6,8,18H,7H2,1-4H3. The molecule has 1 N–H and O–H groups in total. The number of thiazole rings is 1. The van der Waals surface area contributed by atoms with Crippen molar-refractivity contribution in [3.63, 3.8) is 0 Å². The van der Waals surface area contributed by atoms with Gasteiger partial charge in [0.05, 0.1) is 29.5 Å². The normalized spacial score (nSPS) is 11.5. The fraction of sp³-hybridized carbons (Fsp3) is 0.400. The molecule has 2 aromatic rings. The number of nitrogens with one attached hydrogen (secondary N) is 1. The van der Waals surface area contributed by atoms with Crippen LogP contribution in [0.25, 0.3) is 0 Å². The number of benzene rings is 1.